The van der Waals surface area contributed by atoms with Crippen LogP contribution in [0, 0.1) is 17.0 Å². The van der Waals surface area contributed by atoms with Gasteiger partial charge in [0.25, 0.3) is 18.0 Å². The summed E-state index contributed by atoms with van der Waals surface area (Å²) in [6.45, 7) is 0.947. The number of nitrogens with one attached hydrogen (secondary N) is 1. The normalized spacial score (nSPS) is 10.8. The summed E-state index contributed by atoms with van der Waals surface area (Å²) in [6.07, 6.45) is -2.76. The molecule has 1 heterocycles. The molecule has 1 amide bonds. The van der Waals surface area contributed by atoms with Crippen LogP contribution in [0.1, 0.15) is 21.9 Å². The lowest BCUT2D eigenvalue weighted by Crippen LogP contribution is -2.12. The molecule has 32 heavy (non-hydrogen) atoms. The number of halogens is 3. The Hall–Kier alpha value is -3.66. The van der Waals surface area contributed by atoms with Crippen molar-refractivity contribution in [1.82, 2.24) is 0 Å². The van der Waals surface area contributed by atoms with E-state index in [9.17, 15) is 23.7 Å². The Bertz CT molecular complexity index is 1140. The van der Waals surface area contributed by atoms with Crippen molar-refractivity contribution in [1.29, 1.82) is 0 Å². The van der Waals surface area contributed by atoms with Crippen molar-refractivity contribution in [2.75, 3.05) is 11.9 Å². The van der Waals surface area contributed by atoms with Crippen molar-refractivity contribution in [3.05, 3.63) is 80.8 Å². The van der Waals surface area contributed by atoms with Gasteiger partial charge in [-0.3, -0.25) is 14.9 Å². The Kier molecular flexibility index (Phi) is 7.26. The van der Waals surface area contributed by atoms with Crippen LogP contribution in [0.3, 0.4) is 0 Å². The summed E-state index contributed by atoms with van der Waals surface area (Å²) in [4.78, 5) is 22.8. The first kappa shape index (κ1) is 23.0. The maximum absolute atomic E-state index is 12.5. The zero-order chi connectivity index (χ0) is 23.3. The number of amides is 1. The Morgan fingerprint density at radius 3 is 2.62 bits per heavy atom. The highest BCUT2D eigenvalue weighted by molar-refractivity contribution is 6.31. The van der Waals surface area contributed by atoms with E-state index in [1.54, 1.807) is 24.3 Å². The number of furan rings is 1. The molecular weight excluding hydrogens is 450 g/mol. The number of rotatable bonds is 9. The van der Waals surface area contributed by atoms with Gasteiger partial charge in [0, 0.05) is 17.2 Å². The largest absolute Gasteiger partial charge is 0.487 e. The summed E-state index contributed by atoms with van der Waals surface area (Å²) in [6, 6.07) is 11.4. The number of hydrogen-bond donors (Lipinski definition) is 1. The van der Waals surface area contributed by atoms with Crippen LogP contribution in [0.2, 0.25) is 5.02 Å². The summed E-state index contributed by atoms with van der Waals surface area (Å²) in [5.41, 5.74) is 0.399. The molecule has 168 valence electrons. The molecule has 0 saturated heterocycles. The monoisotopic (exact) mass is 466 g/mol. The van der Waals surface area contributed by atoms with Crippen molar-refractivity contribution in [3.8, 4) is 11.5 Å². The Morgan fingerprint density at radius 1 is 1.16 bits per heavy atom. The quantitative estimate of drug-likeness (QED) is 0.324. The van der Waals surface area contributed by atoms with E-state index < -0.39 is 29.6 Å². The second kappa shape index (κ2) is 10.1. The highest BCUT2D eigenvalue weighted by Crippen LogP contribution is 2.27. The van der Waals surface area contributed by atoms with Gasteiger partial charge in [0.05, 0.1) is 16.7 Å². The number of benzene rings is 2. The summed E-state index contributed by atoms with van der Waals surface area (Å²) < 4.78 is 40.6. The van der Waals surface area contributed by atoms with Gasteiger partial charge in [-0.15, -0.1) is 0 Å². The molecule has 8 nitrogen and oxygen atoms in total. The van der Waals surface area contributed by atoms with Crippen LogP contribution in [-0.4, -0.2) is 23.9 Å². The molecule has 1 N–H and O–H groups in total. The van der Waals surface area contributed by atoms with Gasteiger partial charge in [-0.25, -0.2) is 8.78 Å². The van der Waals surface area contributed by atoms with E-state index in [0.717, 1.165) is 17.7 Å². The van der Waals surface area contributed by atoms with Crippen LogP contribution in [0.4, 0.5) is 20.2 Å². The summed E-state index contributed by atoms with van der Waals surface area (Å²) in [5.74, 6) is -0.0112. The number of carbonyl (C=O) groups excluding carboxylic acids is 1. The van der Waals surface area contributed by atoms with Crippen molar-refractivity contribution in [3.63, 3.8) is 0 Å². The van der Waals surface area contributed by atoms with E-state index in [2.05, 4.69) is 5.32 Å². The first-order valence-electron chi connectivity index (χ1n) is 9.20. The maximum atomic E-state index is 12.5. The molecule has 0 spiro atoms. The highest BCUT2D eigenvalue weighted by Gasteiger charge is 2.17. The molecule has 0 unspecified atom stereocenters. The van der Waals surface area contributed by atoms with E-state index in [1.165, 1.54) is 12.1 Å². The fraction of sp³-hybridized carbons (Fsp3) is 0.190. The van der Waals surface area contributed by atoms with Crippen LogP contribution >= 0.6 is 11.6 Å². The predicted octanol–water partition coefficient (Wildman–Crippen LogP) is 5.62. The maximum Gasteiger partial charge on any atom is 0.291 e. The topological polar surface area (TPSA) is 104 Å². The van der Waals surface area contributed by atoms with Gasteiger partial charge in [0.2, 0.25) is 0 Å². The third kappa shape index (κ3) is 6.17. The molecule has 0 saturated carbocycles. The van der Waals surface area contributed by atoms with Gasteiger partial charge in [-0.1, -0.05) is 11.6 Å². The number of alkyl halides is 2. The van der Waals surface area contributed by atoms with Gasteiger partial charge in [0.1, 0.15) is 30.5 Å². The number of nitro groups is 1. The van der Waals surface area contributed by atoms with Gasteiger partial charge in [-0.2, -0.15) is 0 Å². The van der Waals surface area contributed by atoms with E-state index >= 15 is 0 Å². The number of nitrogens with zero attached hydrogens (tertiary/aromatic N) is 1. The van der Waals surface area contributed by atoms with E-state index in [-0.39, 0.29) is 23.8 Å². The Balaban J connectivity index is 1.67. The van der Waals surface area contributed by atoms with Crippen molar-refractivity contribution >= 4 is 28.9 Å². The Morgan fingerprint density at radius 2 is 1.94 bits per heavy atom. The lowest BCUT2D eigenvalue weighted by molar-refractivity contribution is -0.384. The molecule has 11 heteroatoms. The molecule has 0 radical (unpaired) electrons. The van der Waals surface area contributed by atoms with Gasteiger partial charge in [0.15, 0.2) is 5.76 Å². The lowest BCUT2D eigenvalue weighted by Gasteiger charge is -2.09. The SMILES string of the molecule is Cc1cc(OCc2ccc(C(=O)Nc3cc(OCC(F)F)cc([N+](=O)[O-])c3)o2)ccc1Cl. The molecule has 0 bridgehead atoms. The predicted molar refractivity (Wildman–Crippen MR) is 112 cm³/mol. The van der Waals surface area contributed by atoms with Crippen LogP contribution in [-0.2, 0) is 6.61 Å². The summed E-state index contributed by atoms with van der Waals surface area (Å²) >= 11 is 5.97. The average molecular weight is 467 g/mol. The standard InChI is InChI=1S/C21H17ClF2N2O6/c1-12-6-15(2-4-18(12)22)30-10-16-3-5-19(32-16)21(27)25-13-7-14(26(28)29)9-17(8-13)31-11-20(23)24/h2-9,20H,10-11H2,1H3,(H,25,27). The molecule has 0 atom stereocenters. The van der Waals surface area contributed by atoms with Gasteiger partial charge < -0.3 is 19.2 Å². The second-order valence-corrected chi connectivity index (χ2v) is 7.00. The number of anilines is 1. The lowest BCUT2D eigenvalue weighted by atomic mass is 10.2. The molecular formula is C21H17ClF2N2O6. The molecule has 2 aromatic carbocycles. The molecule has 3 rings (SSSR count). The minimum atomic E-state index is -2.76. The molecule has 1 aromatic heterocycles. The van der Waals surface area contributed by atoms with Crippen molar-refractivity contribution < 1.29 is 32.4 Å². The molecule has 0 aliphatic carbocycles. The first-order valence-corrected chi connectivity index (χ1v) is 9.58. The van der Waals surface area contributed by atoms with Crippen molar-refractivity contribution in [2.24, 2.45) is 0 Å². The number of hydrogen-bond acceptors (Lipinski definition) is 6. The number of aryl methyl sites for hydroxylation is 1. The zero-order valence-corrected chi connectivity index (χ0v) is 17.4. The van der Waals surface area contributed by atoms with Gasteiger partial charge >= 0.3 is 0 Å². The first-order chi connectivity index (χ1) is 15.2. The fourth-order valence-corrected chi connectivity index (χ4v) is 2.75. The number of non-ortho nitro benzene ring substituents is 1. The zero-order valence-electron chi connectivity index (χ0n) is 16.6. The van der Waals surface area contributed by atoms with Crippen LogP contribution in [0.5, 0.6) is 11.5 Å². The van der Waals surface area contributed by atoms with Gasteiger partial charge in [-0.05, 0) is 42.8 Å². The third-order valence-corrected chi connectivity index (χ3v) is 4.56. The highest BCUT2D eigenvalue weighted by atomic mass is 35.5. The van der Waals surface area contributed by atoms with E-state index in [4.69, 9.17) is 25.5 Å². The molecule has 3 aromatic rings. The second-order valence-electron chi connectivity index (χ2n) is 6.59. The summed E-state index contributed by atoms with van der Waals surface area (Å²) in [5, 5.41) is 14.1. The minimum absolute atomic E-state index is 0.0145. The number of nitro benzene ring substituents is 1. The molecule has 0 aliphatic heterocycles. The van der Waals surface area contributed by atoms with Crippen LogP contribution < -0.4 is 14.8 Å². The van der Waals surface area contributed by atoms with Crippen LogP contribution in [0.25, 0.3) is 0 Å². The third-order valence-electron chi connectivity index (χ3n) is 4.13. The van der Waals surface area contributed by atoms with E-state index in [0.29, 0.717) is 16.5 Å². The summed E-state index contributed by atoms with van der Waals surface area (Å²) in [7, 11) is 0. The Labute approximate surface area is 185 Å². The number of ether oxygens (including phenoxy) is 2. The molecule has 0 aliphatic rings. The number of carbonyl (C=O) groups is 1. The van der Waals surface area contributed by atoms with Crippen LogP contribution in [0.15, 0.2) is 52.9 Å². The van der Waals surface area contributed by atoms with E-state index in [1.807, 2.05) is 6.92 Å². The fourth-order valence-electron chi connectivity index (χ4n) is 2.64. The van der Waals surface area contributed by atoms with Crippen molar-refractivity contribution in [2.45, 2.75) is 20.0 Å². The smallest absolute Gasteiger partial charge is 0.291 e. The minimum Gasteiger partial charge on any atom is -0.487 e. The molecule has 0 fully saturated rings. The average Bonchev–Trinajstić information content (AvgIpc) is 3.22.